The minimum Gasteiger partial charge on any atom is -0.478 e. The molecule has 0 bridgehead atoms. The number of aromatic nitrogens is 1. The van der Waals surface area contributed by atoms with Crippen molar-refractivity contribution in [2.75, 3.05) is 51.2 Å². The average molecular weight is 429 g/mol. The van der Waals surface area contributed by atoms with E-state index < -0.39 is 11.6 Å². The second kappa shape index (κ2) is 9.51. The molecule has 3 rings (SSSR count). The van der Waals surface area contributed by atoms with Crippen molar-refractivity contribution in [3.63, 3.8) is 0 Å². The Kier molecular flexibility index (Phi) is 7.00. The Morgan fingerprint density at radius 1 is 1.16 bits per heavy atom. The summed E-state index contributed by atoms with van der Waals surface area (Å²) in [7, 11) is 2.01. The number of benzene rings is 1. The van der Waals surface area contributed by atoms with Gasteiger partial charge in [0.1, 0.15) is 5.60 Å². The smallest absolute Gasteiger partial charge is 0.410 e. The lowest BCUT2D eigenvalue weighted by atomic mass is 10.1. The van der Waals surface area contributed by atoms with Gasteiger partial charge in [-0.25, -0.2) is 9.59 Å². The average Bonchev–Trinajstić information content (AvgIpc) is 2.72. The number of fused-ring (bicyclic) bond motifs is 1. The number of hydrogen-bond acceptors (Lipinski definition) is 6. The fourth-order valence-corrected chi connectivity index (χ4v) is 3.70. The molecule has 0 aliphatic carbocycles. The van der Waals surface area contributed by atoms with Gasteiger partial charge in [0, 0.05) is 57.0 Å². The molecular formula is C23H32N4O4. The molecule has 1 aliphatic heterocycles. The number of aromatic carboxylic acids is 1. The van der Waals surface area contributed by atoms with Crippen LogP contribution in [0.3, 0.4) is 0 Å². The zero-order valence-electron chi connectivity index (χ0n) is 18.8. The Balaban J connectivity index is 1.49. The predicted molar refractivity (Wildman–Crippen MR) is 121 cm³/mol. The topological polar surface area (TPSA) is 86.2 Å². The van der Waals surface area contributed by atoms with Crippen LogP contribution in [0.5, 0.6) is 0 Å². The molecule has 1 aliphatic rings. The molecule has 0 saturated carbocycles. The molecule has 31 heavy (non-hydrogen) atoms. The molecule has 1 aromatic heterocycles. The van der Waals surface area contributed by atoms with Crippen LogP contribution in [0.4, 0.5) is 10.5 Å². The number of amides is 1. The van der Waals surface area contributed by atoms with E-state index >= 15 is 0 Å². The first kappa shape index (κ1) is 22.8. The minimum atomic E-state index is -0.947. The van der Waals surface area contributed by atoms with Crippen LogP contribution in [0.15, 0.2) is 30.5 Å². The van der Waals surface area contributed by atoms with Gasteiger partial charge in [0.25, 0.3) is 0 Å². The van der Waals surface area contributed by atoms with Crippen LogP contribution < -0.4 is 4.90 Å². The van der Waals surface area contributed by atoms with Gasteiger partial charge in [-0.15, -0.1) is 0 Å². The lowest BCUT2D eigenvalue weighted by molar-refractivity contribution is 0.0145. The molecule has 1 amide bonds. The van der Waals surface area contributed by atoms with E-state index in [0.29, 0.717) is 24.0 Å². The Hall–Kier alpha value is -2.87. The van der Waals surface area contributed by atoms with Gasteiger partial charge in [0.15, 0.2) is 0 Å². The first-order chi connectivity index (χ1) is 14.6. The summed E-state index contributed by atoms with van der Waals surface area (Å²) in [6.07, 6.45) is 2.26. The number of carbonyl (C=O) groups is 2. The van der Waals surface area contributed by atoms with Crippen LogP contribution in [-0.2, 0) is 4.74 Å². The number of carboxylic acid groups (broad SMARTS) is 1. The highest BCUT2D eigenvalue weighted by Crippen LogP contribution is 2.23. The van der Waals surface area contributed by atoms with E-state index in [1.165, 1.54) is 12.3 Å². The van der Waals surface area contributed by atoms with Gasteiger partial charge >= 0.3 is 12.1 Å². The molecule has 1 aromatic carbocycles. The molecule has 1 saturated heterocycles. The number of anilines is 1. The molecule has 0 radical (unpaired) electrons. The molecule has 0 atom stereocenters. The van der Waals surface area contributed by atoms with E-state index in [4.69, 9.17) is 4.74 Å². The minimum absolute atomic E-state index is 0.238. The number of hydrogen-bond donors (Lipinski definition) is 1. The second-order valence-corrected chi connectivity index (χ2v) is 8.95. The summed E-state index contributed by atoms with van der Waals surface area (Å²) in [5.74, 6) is -0.947. The summed E-state index contributed by atoms with van der Waals surface area (Å²) < 4.78 is 5.45. The van der Waals surface area contributed by atoms with Crippen LogP contribution in [0.2, 0.25) is 0 Å². The van der Waals surface area contributed by atoms with Gasteiger partial charge in [-0.3, -0.25) is 9.88 Å². The monoisotopic (exact) mass is 428 g/mol. The maximum atomic E-state index is 12.2. The Labute approximate surface area is 183 Å². The van der Waals surface area contributed by atoms with Gasteiger partial charge < -0.3 is 19.6 Å². The Morgan fingerprint density at radius 3 is 2.52 bits per heavy atom. The lowest BCUT2D eigenvalue weighted by Gasteiger charge is -2.35. The summed E-state index contributed by atoms with van der Waals surface area (Å²) in [5.41, 5.74) is 1.45. The van der Waals surface area contributed by atoms with Gasteiger partial charge in [-0.05, 0) is 58.0 Å². The summed E-state index contributed by atoms with van der Waals surface area (Å²) in [6, 6.07) is 7.26. The summed E-state index contributed by atoms with van der Waals surface area (Å²) in [4.78, 5) is 34.2. The Morgan fingerprint density at radius 2 is 1.87 bits per heavy atom. The maximum absolute atomic E-state index is 12.2. The summed E-state index contributed by atoms with van der Waals surface area (Å²) in [5, 5.41) is 10.1. The van der Waals surface area contributed by atoms with Crippen LogP contribution in [0, 0.1) is 0 Å². The van der Waals surface area contributed by atoms with Crippen molar-refractivity contribution < 1.29 is 19.4 Å². The number of rotatable bonds is 6. The van der Waals surface area contributed by atoms with Gasteiger partial charge in [0.05, 0.1) is 11.1 Å². The van der Waals surface area contributed by atoms with Gasteiger partial charge in [-0.1, -0.05) is 0 Å². The van der Waals surface area contributed by atoms with Gasteiger partial charge in [-0.2, -0.15) is 0 Å². The first-order valence-electron chi connectivity index (χ1n) is 10.7. The number of pyridine rings is 1. The maximum Gasteiger partial charge on any atom is 0.410 e. The molecule has 0 unspecified atom stereocenters. The van der Waals surface area contributed by atoms with E-state index in [1.807, 2.05) is 46.0 Å². The van der Waals surface area contributed by atoms with Gasteiger partial charge in [0.2, 0.25) is 0 Å². The van der Waals surface area contributed by atoms with Crippen LogP contribution in [0.1, 0.15) is 37.6 Å². The van der Waals surface area contributed by atoms with E-state index in [1.54, 1.807) is 4.90 Å². The molecule has 2 heterocycles. The molecule has 1 fully saturated rings. The van der Waals surface area contributed by atoms with E-state index in [9.17, 15) is 14.7 Å². The van der Waals surface area contributed by atoms with E-state index in [2.05, 4.69) is 14.8 Å². The Bertz CT molecular complexity index is 933. The van der Waals surface area contributed by atoms with Crippen molar-refractivity contribution in [1.82, 2.24) is 14.8 Å². The highest BCUT2D eigenvalue weighted by molar-refractivity contribution is 6.03. The fraction of sp³-hybridized carbons (Fsp3) is 0.522. The fourth-order valence-electron chi connectivity index (χ4n) is 3.70. The molecule has 8 heteroatoms. The SMILES string of the molecule is CN(CCCN1CCN(C(=O)OC(C)(C)C)CC1)c1ccc2nccc(C(=O)O)c2c1. The number of carbonyl (C=O) groups excluding carboxylic acids is 1. The highest BCUT2D eigenvalue weighted by Gasteiger charge is 2.25. The standard InChI is InChI=1S/C23H32N4O4/c1-23(2,3)31-22(30)27-14-12-26(13-15-27)11-5-10-25(4)17-6-7-20-19(16-17)18(21(28)29)8-9-24-20/h6-9,16H,5,10-15H2,1-4H3,(H,28,29). The largest absolute Gasteiger partial charge is 0.478 e. The second-order valence-electron chi connectivity index (χ2n) is 8.95. The predicted octanol–water partition coefficient (Wildman–Crippen LogP) is 3.31. The highest BCUT2D eigenvalue weighted by atomic mass is 16.6. The van der Waals surface area contributed by atoms with E-state index in [-0.39, 0.29) is 11.7 Å². The first-order valence-corrected chi connectivity index (χ1v) is 10.7. The lowest BCUT2D eigenvalue weighted by Crippen LogP contribution is -2.50. The molecule has 1 N–H and O–H groups in total. The number of ether oxygens (including phenoxy) is 1. The van der Waals surface area contributed by atoms with Crippen molar-refractivity contribution in [2.24, 2.45) is 0 Å². The molecule has 8 nitrogen and oxygen atoms in total. The van der Waals surface area contributed by atoms with Crippen LogP contribution in [0.25, 0.3) is 10.9 Å². The zero-order valence-corrected chi connectivity index (χ0v) is 18.8. The van der Waals surface area contributed by atoms with Crippen molar-refractivity contribution in [3.8, 4) is 0 Å². The number of piperazine rings is 1. The third-order valence-electron chi connectivity index (χ3n) is 5.39. The van der Waals surface area contributed by atoms with Crippen LogP contribution in [-0.4, -0.2) is 83.9 Å². The summed E-state index contributed by atoms with van der Waals surface area (Å²) >= 11 is 0. The van der Waals surface area contributed by atoms with Crippen molar-refractivity contribution >= 4 is 28.7 Å². The normalized spacial score (nSPS) is 15.2. The van der Waals surface area contributed by atoms with Crippen molar-refractivity contribution in [1.29, 1.82) is 0 Å². The summed E-state index contributed by atoms with van der Waals surface area (Å²) in [6.45, 7) is 10.5. The van der Waals surface area contributed by atoms with Crippen molar-refractivity contribution in [2.45, 2.75) is 32.8 Å². The third kappa shape index (κ3) is 6.07. The molecule has 2 aromatic rings. The number of carboxylic acids is 1. The zero-order chi connectivity index (χ0) is 22.6. The van der Waals surface area contributed by atoms with Crippen LogP contribution >= 0.6 is 0 Å². The quantitative estimate of drug-likeness (QED) is 0.755. The number of nitrogens with zero attached hydrogens (tertiary/aromatic N) is 4. The molecular weight excluding hydrogens is 396 g/mol. The third-order valence-corrected chi connectivity index (χ3v) is 5.39. The van der Waals surface area contributed by atoms with E-state index in [0.717, 1.165) is 38.3 Å². The molecule has 0 spiro atoms. The molecule has 168 valence electrons. The van der Waals surface area contributed by atoms with Crippen molar-refractivity contribution in [3.05, 3.63) is 36.0 Å².